The number of unbranched alkanes of at least 4 members (excludes halogenated alkanes) is 3. The van der Waals surface area contributed by atoms with Crippen molar-refractivity contribution in [3.05, 3.63) is 12.2 Å². The number of rotatable bonds is 14. The standard InChI is InChI=1S/C33H62O5Si2/c1-13-14-17-20-26(37-39(9,10)32(2,3)4)23-24-28-27(21-18-15-16-19-22-31(35)36-8)29(34)25-30(28)38-40(11,12)33(5,6)7/h23-24,26-30,34H,13-14,16-17,19-22,25H2,1-12H3/b24-23+/t26-,27+,28+,29-,30+/m1/s1. The predicted molar refractivity (Wildman–Crippen MR) is 173 cm³/mol. The van der Waals surface area contributed by atoms with Crippen molar-refractivity contribution in [2.24, 2.45) is 11.8 Å². The SMILES string of the molecule is CCCCC[C@H](/C=C/[C@H]1[C@H](CC#CCCCC(=O)OC)[C@H](O)C[C@@H]1O[Si](C)(C)C(C)(C)C)O[Si](C)(C)C(C)(C)C. The highest BCUT2D eigenvalue weighted by molar-refractivity contribution is 6.74. The number of methoxy groups -OCH3 is 1. The van der Waals surface area contributed by atoms with Gasteiger partial charge < -0.3 is 18.7 Å². The molecule has 1 N–H and O–H groups in total. The number of carbonyl (C=O) groups excluding carboxylic acids is 1. The first-order valence-corrected chi connectivity index (χ1v) is 21.4. The van der Waals surface area contributed by atoms with Gasteiger partial charge in [0.25, 0.3) is 0 Å². The van der Waals surface area contributed by atoms with Gasteiger partial charge in [-0.25, -0.2) is 0 Å². The second-order valence-corrected chi connectivity index (χ2v) is 24.3. The minimum atomic E-state index is -2.03. The Bertz CT molecular complexity index is 857. The Kier molecular flexibility index (Phi) is 14.9. The fraction of sp³-hybridized carbons (Fsp3) is 0.848. The van der Waals surface area contributed by atoms with E-state index in [4.69, 9.17) is 13.6 Å². The van der Waals surface area contributed by atoms with Crippen LogP contribution in [0.4, 0.5) is 0 Å². The van der Waals surface area contributed by atoms with Gasteiger partial charge in [-0.15, -0.1) is 11.8 Å². The molecule has 0 saturated heterocycles. The largest absolute Gasteiger partial charge is 0.469 e. The van der Waals surface area contributed by atoms with Gasteiger partial charge >= 0.3 is 5.97 Å². The highest BCUT2D eigenvalue weighted by atomic mass is 28.4. The van der Waals surface area contributed by atoms with Crippen LogP contribution in [0.25, 0.3) is 0 Å². The molecular formula is C33H62O5Si2. The molecule has 1 fully saturated rings. The van der Waals surface area contributed by atoms with E-state index in [-0.39, 0.29) is 40.1 Å². The predicted octanol–water partition coefficient (Wildman–Crippen LogP) is 8.64. The molecule has 5 nitrogen and oxygen atoms in total. The second-order valence-electron chi connectivity index (χ2n) is 14.7. The molecule has 0 amide bonds. The number of aliphatic hydroxyl groups is 1. The Labute approximate surface area is 249 Å². The van der Waals surface area contributed by atoms with Gasteiger partial charge in [-0.1, -0.05) is 79.9 Å². The summed E-state index contributed by atoms with van der Waals surface area (Å²) in [5.74, 6) is 6.45. The lowest BCUT2D eigenvalue weighted by atomic mass is 9.90. The van der Waals surface area contributed by atoms with Crippen LogP contribution in [0, 0.1) is 23.7 Å². The van der Waals surface area contributed by atoms with Crippen LogP contribution in [0.2, 0.25) is 36.3 Å². The van der Waals surface area contributed by atoms with Crippen molar-refractivity contribution in [3.63, 3.8) is 0 Å². The molecule has 1 saturated carbocycles. The molecule has 0 aromatic rings. The third-order valence-corrected chi connectivity index (χ3v) is 18.4. The summed E-state index contributed by atoms with van der Waals surface area (Å²) < 4.78 is 18.6. The Morgan fingerprint density at radius 2 is 1.62 bits per heavy atom. The lowest BCUT2D eigenvalue weighted by Gasteiger charge is -2.40. The number of hydrogen-bond donors (Lipinski definition) is 1. The van der Waals surface area contributed by atoms with Crippen LogP contribution < -0.4 is 0 Å². The highest BCUT2D eigenvalue weighted by Crippen LogP contribution is 2.44. The van der Waals surface area contributed by atoms with Crippen LogP contribution in [-0.4, -0.2) is 53.1 Å². The number of ether oxygens (including phenoxy) is 1. The summed E-state index contributed by atoms with van der Waals surface area (Å²) >= 11 is 0. The van der Waals surface area contributed by atoms with E-state index in [1.165, 1.54) is 20.0 Å². The van der Waals surface area contributed by atoms with E-state index in [9.17, 15) is 9.90 Å². The van der Waals surface area contributed by atoms with Gasteiger partial charge in [0.2, 0.25) is 0 Å². The molecule has 0 radical (unpaired) electrons. The van der Waals surface area contributed by atoms with Crippen molar-refractivity contribution in [1.82, 2.24) is 0 Å². The van der Waals surface area contributed by atoms with Crippen molar-refractivity contribution in [2.75, 3.05) is 7.11 Å². The van der Waals surface area contributed by atoms with Crippen molar-refractivity contribution < 1.29 is 23.5 Å². The molecule has 0 aromatic carbocycles. The van der Waals surface area contributed by atoms with E-state index < -0.39 is 22.7 Å². The fourth-order valence-corrected chi connectivity index (χ4v) is 7.29. The molecule has 5 atom stereocenters. The quantitative estimate of drug-likeness (QED) is 0.0717. The van der Waals surface area contributed by atoms with Gasteiger partial charge in [-0.05, 0) is 55.5 Å². The lowest BCUT2D eigenvalue weighted by Crippen LogP contribution is -2.45. The van der Waals surface area contributed by atoms with E-state index in [1.54, 1.807) is 0 Å². The number of hydrogen-bond acceptors (Lipinski definition) is 5. The van der Waals surface area contributed by atoms with E-state index in [0.29, 0.717) is 32.1 Å². The third-order valence-electron chi connectivity index (χ3n) is 9.41. The molecule has 1 aliphatic carbocycles. The molecule has 40 heavy (non-hydrogen) atoms. The molecule has 0 spiro atoms. The van der Waals surface area contributed by atoms with Gasteiger partial charge in [-0.3, -0.25) is 4.79 Å². The second kappa shape index (κ2) is 16.1. The van der Waals surface area contributed by atoms with Gasteiger partial charge in [0.05, 0.1) is 25.4 Å². The molecule has 0 aromatic heterocycles. The monoisotopic (exact) mass is 594 g/mol. The van der Waals surface area contributed by atoms with Crippen molar-refractivity contribution in [2.45, 2.75) is 161 Å². The van der Waals surface area contributed by atoms with E-state index in [0.717, 1.165) is 12.8 Å². The Hall–Kier alpha value is -0.916. The summed E-state index contributed by atoms with van der Waals surface area (Å²) in [7, 11) is -2.56. The van der Waals surface area contributed by atoms with Crippen molar-refractivity contribution in [1.29, 1.82) is 0 Å². The maximum Gasteiger partial charge on any atom is 0.305 e. The summed E-state index contributed by atoms with van der Waals surface area (Å²) in [5, 5.41) is 11.5. The van der Waals surface area contributed by atoms with Gasteiger partial charge in [0, 0.05) is 31.1 Å². The average molecular weight is 595 g/mol. The summed E-state index contributed by atoms with van der Waals surface area (Å²) in [6.45, 7) is 25.2. The Morgan fingerprint density at radius 3 is 2.17 bits per heavy atom. The molecule has 0 unspecified atom stereocenters. The van der Waals surface area contributed by atoms with E-state index in [2.05, 4.69) is 98.6 Å². The molecule has 232 valence electrons. The maximum absolute atomic E-state index is 11.4. The van der Waals surface area contributed by atoms with Crippen molar-refractivity contribution in [3.8, 4) is 11.8 Å². The molecule has 0 heterocycles. The average Bonchev–Trinajstić information content (AvgIpc) is 3.10. The number of aliphatic hydroxyl groups excluding tert-OH is 1. The first-order chi connectivity index (χ1) is 18.4. The zero-order valence-electron chi connectivity index (χ0n) is 28.0. The fourth-order valence-electron chi connectivity index (χ4n) is 4.62. The highest BCUT2D eigenvalue weighted by Gasteiger charge is 2.47. The number of esters is 1. The minimum absolute atomic E-state index is 0.0169. The first-order valence-electron chi connectivity index (χ1n) is 15.6. The van der Waals surface area contributed by atoms with Gasteiger partial charge in [0.15, 0.2) is 16.6 Å². The molecule has 7 heteroatoms. The summed E-state index contributed by atoms with van der Waals surface area (Å²) in [6.07, 6.45) is 11.8. The Morgan fingerprint density at radius 1 is 1.00 bits per heavy atom. The topological polar surface area (TPSA) is 65.0 Å². The summed E-state index contributed by atoms with van der Waals surface area (Å²) in [4.78, 5) is 11.4. The minimum Gasteiger partial charge on any atom is -0.469 e. The van der Waals surface area contributed by atoms with E-state index in [1.807, 2.05) is 0 Å². The van der Waals surface area contributed by atoms with Crippen LogP contribution in [-0.2, 0) is 18.4 Å². The molecule has 1 aliphatic rings. The molecule has 0 aliphatic heterocycles. The third kappa shape index (κ3) is 11.8. The van der Waals surface area contributed by atoms with E-state index >= 15 is 0 Å². The van der Waals surface area contributed by atoms with Crippen molar-refractivity contribution >= 4 is 22.6 Å². The zero-order valence-corrected chi connectivity index (χ0v) is 30.0. The van der Waals surface area contributed by atoms with Crippen LogP contribution >= 0.6 is 0 Å². The van der Waals surface area contributed by atoms with Crippen LogP contribution in [0.15, 0.2) is 12.2 Å². The summed E-state index contributed by atoms with van der Waals surface area (Å²) in [6, 6.07) is 0. The molecule has 0 bridgehead atoms. The van der Waals surface area contributed by atoms with Gasteiger partial charge in [0.1, 0.15) is 0 Å². The Balaban J connectivity index is 3.23. The molecular weight excluding hydrogens is 533 g/mol. The summed E-state index contributed by atoms with van der Waals surface area (Å²) in [5.41, 5.74) is 0. The lowest BCUT2D eigenvalue weighted by molar-refractivity contribution is -0.140. The van der Waals surface area contributed by atoms with Gasteiger partial charge in [-0.2, -0.15) is 0 Å². The van der Waals surface area contributed by atoms with Crippen LogP contribution in [0.5, 0.6) is 0 Å². The first kappa shape index (κ1) is 37.1. The normalized spacial score (nSPS) is 23.2. The number of carbonyl (C=O) groups is 1. The maximum atomic E-state index is 11.4. The smallest absolute Gasteiger partial charge is 0.305 e. The zero-order chi connectivity index (χ0) is 30.8. The molecule has 1 rings (SSSR count). The van der Waals surface area contributed by atoms with Crippen LogP contribution in [0.3, 0.4) is 0 Å². The van der Waals surface area contributed by atoms with Crippen LogP contribution in [0.1, 0.15) is 106 Å².